The van der Waals surface area contributed by atoms with Crippen molar-refractivity contribution in [1.82, 2.24) is 14.5 Å². The first-order valence-electron chi connectivity index (χ1n) is 11.2. The van der Waals surface area contributed by atoms with E-state index in [1.807, 2.05) is 30.0 Å². The zero-order chi connectivity index (χ0) is 23.7. The molecule has 1 N–H and O–H groups in total. The number of fused-ring (bicyclic) bond motifs is 2. The Morgan fingerprint density at radius 2 is 1.56 bits per heavy atom. The third-order valence-corrected chi connectivity index (χ3v) is 8.15. The quantitative estimate of drug-likeness (QED) is 0.645. The summed E-state index contributed by atoms with van der Waals surface area (Å²) in [5, 5.41) is 2.95. The molecular formula is C23H27N3O7S. The predicted molar refractivity (Wildman–Crippen MR) is 122 cm³/mol. The number of nitrogens with zero attached hydrogens (tertiary/aromatic N) is 2. The summed E-state index contributed by atoms with van der Waals surface area (Å²) >= 11 is 0. The maximum absolute atomic E-state index is 13.1. The van der Waals surface area contributed by atoms with E-state index >= 15 is 0 Å². The molecule has 0 saturated carbocycles. The fraction of sp³-hybridized carbons (Fsp3) is 0.435. The van der Waals surface area contributed by atoms with Crippen molar-refractivity contribution in [2.45, 2.75) is 24.4 Å². The van der Waals surface area contributed by atoms with E-state index in [0.29, 0.717) is 68.9 Å². The van der Waals surface area contributed by atoms with E-state index in [1.54, 1.807) is 12.1 Å². The summed E-state index contributed by atoms with van der Waals surface area (Å²) in [6.45, 7) is 4.78. The molecule has 1 unspecified atom stereocenters. The fourth-order valence-electron chi connectivity index (χ4n) is 4.22. The Labute approximate surface area is 198 Å². The van der Waals surface area contributed by atoms with Crippen molar-refractivity contribution in [3.05, 3.63) is 42.0 Å². The number of nitrogens with one attached hydrogen (secondary N) is 1. The molecule has 3 heterocycles. The van der Waals surface area contributed by atoms with Crippen LogP contribution in [0.4, 0.5) is 0 Å². The molecule has 1 fully saturated rings. The van der Waals surface area contributed by atoms with E-state index in [9.17, 15) is 13.2 Å². The number of hydrogen-bond donors (Lipinski definition) is 1. The zero-order valence-corrected chi connectivity index (χ0v) is 19.7. The van der Waals surface area contributed by atoms with Crippen LogP contribution in [0.2, 0.25) is 0 Å². The Hall–Kier alpha value is -3.02. The summed E-state index contributed by atoms with van der Waals surface area (Å²) in [6.07, 6.45) is 0. The first-order valence-corrected chi connectivity index (χ1v) is 12.7. The number of carbonyl (C=O) groups excluding carboxylic acids is 1. The third kappa shape index (κ3) is 4.50. The van der Waals surface area contributed by atoms with Crippen LogP contribution in [0.5, 0.6) is 23.0 Å². The van der Waals surface area contributed by atoms with E-state index < -0.39 is 10.0 Å². The molecule has 34 heavy (non-hydrogen) atoms. The highest BCUT2D eigenvalue weighted by molar-refractivity contribution is 7.89. The van der Waals surface area contributed by atoms with Gasteiger partial charge in [0.05, 0.1) is 10.9 Å². The van der Waals surface area contributed by atoms with Gasteiger partial charge in [0.2, 0.25) is 22.7 Å². The van der Waals surface area contributed by atoms with Gasteiger partial charge >= 0.3 is 0 Å². The Bertz CT molecular complexity index is 1180. The van der Waals surface area contributed by atoms with Gasteiger partial charge < -0.3 is 24.3 Å². The SMILES string of the molecule is CC(C(=O)NCc1ccc2c(c1)OCO2)N1CCN(S(=O)(=O)c2ccc3c(c2)OCCO3)CC1. The van der Waals surface area contributed by atoms with E-state index in [1.165, 1.54) is 10.4 Å². The lowest BCUT2D eigenvalue weighted by molar-refractivity contribution is -0.126. The normalized spacial score (nSPS) is 19.0. The van der Waals surface area contributed by atoms with Gasteiger partial charge in [-0.25, -0.2) is 8.42 Å². The highest BCUT2D eigenvalue weighted by atomic mass is 32.2. The van der Waals surface area contributed by atoms with Crippen LogP contribution in [-0.4, -0.2) is 75.8 Å². The van der Waals surface area contributed by atoms with Crippen LogP contribution in [0.1, 0.15) is 12.5 Å². The van der Waals surface area contributed by atoms with Gasteiger partial charge in [0.15, 0.2) is 23.0 Å². The molecule has 1 saturated heterocycles. The molecule has 182 valence electrons. The molecular weight excluding hydrogens is 462 g/mol. The summed E-state index contributed by atoms with van der Waals surface area (Å²) < 4.78 is 49.4. The van der Waals surface area contributed by atoms with Gasteiger partial charge in [-0.15, -0.1) is 0 Å². The molecule has 3 aliphatic heterocycles. The van der Waals surface area contributed by atoms with Gasteiger partial charge in [-0.2, -0.15) is 4.31 Å². The number of amides is 1. The summed E-state index contributed by atoms with van der Waals surface area (Å²) in [7, 11) is -3.67. The molecule has 0 spiro atoms. The number of hydrogen-bond acceptors (Lipinski definition) is 8. The van der Waals surface area contributed by atoms with E-state index in [-0.39, 0.29) is 23.6 Å². The minimum Gasteiger partial charge on any atom is -0.486 e. The molecule has 5 rings (SSSR count). The van der Waals surface area contributed by atoms with Gasteiger partial charge in [-0.05, 0) is 36.8 Å². The first-order chi connectivity index (χ1) is 16.4. The number of piperazine rings is 1. The molecule has 1 atom stereocenters. The van der Waals surface area contributed by atoms with E-state index in [2.05, 4.69) is 5.32 Å². The van der Waals surface area contributed by atoms with Crippen LogP contribution in [0.3, 0.4) is 0 Å². The number of benzene rings is 2. The average Bonchev–Trinajstić information content (AvgIpc) is 3.34. The number of ether oxygens (including phenoxy) is 4. The molecule has 2 aromatic carbocycles. The van der Waals surface area contributed by atoms with Gasteiger partial charge in [0, 0.05) is 38.8 Å². The monoisotopic (exact) mass is 489 g/mol. The predicted octanol–water partition coefficient (Wildman–Crippen LogP) is 1.20. The molecule has 0 aliphatic carbocycles. The van der Waals surface area contributed by atoms with Crippen molar-refractivity contribution in [2.24, 2.45) is 0 Å². The van der Waals surface area contributed by atoms with Gasteiger partial charge in [-0.1, -0.05) is 6.07 Å². The van der Waals surface area contributed by atoms with E-state index in [4.69, 9.17) is 18.9 Å². The Kier molecular flexibility index (Phi) is 6.24. The standard InChI is InChI=1S/C23H27N3O7S/c1-16(23(27)24-14-17-2-4-20-21(12-17)33-15-32-20)25-6-8-26(9-7-25)34(28,29)18-3-5-19-22(13-18)31-11-10-30-19/h2-5,12-13,16H,6-11,14-15H2,1H3,(H,24,27). The topological polar surface area (TPSA) is 107 Å². The molecule has 1 amide bonds. The van der Waals surface area contributed by atoms with Crippen molar-refractivity contribution in [1.29, 1.82) is 0 Å². The smallest absolute Gasteiger partial charge is 0.243 e. The Morgan fingerprint density at radius 1 is 0.912 bits per heavy atom. The van der Waals surface area contributed by atoms with Crippen molar-refractivity contribution < 1.29 is 32.2 Å². The number of carbonyl (C=O) groups is 1. The van der Waals surface area contributed by atoms with Crippen LogP contribution in [0.15, 0.2) is 41.3 Å². The molecule has 0 bridgehead atoms. The molecule has 11 heteroatoms. The van der Waals surface area contributed by atoms with Crippen molar-refractivity contribution in [3.63, 3.8) is 0 Å². The maximum Gasteiger partial charge on any atom is 0.243 e. The van der Waals surface area contributed by atoms with Crippen LogP contribution in [0, 0.1) is 0 Å². The molecule has 2 aromatic rings. The van der Waals surface area contributed by atoms with E-state index in [0.717, 1.165) is 5.56 Å². The number of rotatable bonds is 6. The molecule has 3 aliphatic rings. The van der Waals surface area contributed by atoms with Crippen molar-refractivity contribution in [2.75, 3.05) is 46.2 Å². The second-order valence-corrected chi connectivity index (χ2v) is 10.3. The lowest BCUT2D eigenvalue weighted by atomic mass is 10.2. The highest BCUT2D eigenvalue weighted by Gasteiger charge is 2.32. The third-order valence-electron chi connectivity index (χ3n) is 6.26. The van der Waals surface area contributed by atoms with Crippen LogP contribution < -0.4 is 24.3 Å². The summed E-state index contributed by atoms with van der Waals surface area (Å²) in [5.41, 5.74) is 0.917. The minimum absolute atomic E-state index is 0.110. The van der Waals surface area contributed by atoms with Crippen molar-refractivity contribution >= 4 is 15.9 Å². The second-order valence-electron chi connectivity index (χ2n) is 8.33. The summed E-state index contributed by atoms with van der Waals surface area (Å²) in [6, 6.07) is 9.88. The molecule has 10 nitrogen and oxygen atoms in total. The lowest BCUT2D eigenvalue weighted by Gasteiger charge is -2.36. The first kappa shape index (κ1) is 22.8. The van der Waals surface area contributed by atoms with Gasteiger partial charge in [-0.3, -0.25) is 9.69 Å². The Morgan fingerprint density at radius 3 is 2.35 bits per heavy atom. The largest absolute Gasteiger partial charge is 0.486 e. The zero-order valence-electron chi connectivity index (χ0n) is 18.9. The average molecular weight is 490 g/mol. The lowest BCUT2D eigenvalue weighted by Crippen LogP contribution is -2.54. The van der Waals surface area contributed by atoms with Gasteiger partial charge in [0.25, 0.3) is 0 Å². The van der Waals surface area contributed by atoms with Gasteiger partial charge in [0.1, 0.15) is 13.2 Å². The molecule has 0 radical (unpaired) electrons. The summed E-state index contributed by atoms with van der Waals surface area (Å²) in [4.78, 5) is 14.9. The number of sulfonamides is 1. The fourth-order valence-corrected chi connectivity index (χ4v) is 5.66. The maximum atomic E-state index is 13.1. The van der Waals surface area contributed by atoms with Crippen molar-refractivity contribution in [3.8, 4) is 23.0 Å². The molecule has 0 aromatic heterocycles. The van der Waals surface area contributed by atoms with Crippen LogP contribution in [-0.2, 0) is 21.4 Å². The Balaban J connectivity index is 1.15. The van der Waals surface area contributed by atoms with Crippen LogP contribution in [0.25, 0.3) is 0 Å². The second kappa shape index (κ2) is 9.32. The summed E-state index contributed by atoms with van der Waals surface area (Å²) in [5.74, 6) is 2.26. The highest BCUT2D eigenvalue weighted by Crippen LogP contribution is 2.34. The van der Waals surface area contributed by atoms with Crippen LogP contribution >= 0.6 is 0 Å². The minimum atomic E-state index is -3.67.